The SMILES string of the molecule is COc1ccc(Br)cc1S(=O)(=O)N(CC(=O)N/N=C\c1ccccc1[N+](=O)[O-])c1ccccc1. The van der Waals surface area contributed by atoms with Crippen molar-refractivity contribution in [2.24, 2.45) is 5.10 Å². The van der Waals surface area contributed by atoms with Crippen LogP contribution in [0.15, 0.2) is 87.3 Å². The van der Waals surface area contributed by atoms with Gasteiger partial charge < -0.3 is 4.74 Å². The number of methoxy groups -OCH3 is 1. The molecular formula is C22H19BrN4O6S. The molecule has 0 aromatic heterocycles. The third-order valence-electron chi connectivity index (χ3n) is 4.55. The van der Waals surface area contributed by atoms with E-state index in [1.807, 2.05) is 0 Å². The van der Waals surface area contributed by atoms with E-state index in [0.717, 1.165) is 10.5 Å². The number of carbonyl (C=O) groups excluding carboxylic acids is 1. The fraction of sp³-hybridized carbons (Fsp3) is 0.0909. The summed E-state index contributed by atoms with van der Waals surface area (Å²) >= 11 is 3.26. The second-order valence-corrected chi connectivity index (χ2v) is 9.50. The number of ether oxygens (including phenoxy) is 1. The van der Waals surface area contributed by atoms with Crippen molar-refractivity contribution in [2.75, 3.05) is 18.0 Å². The van der Waals surface area contributed by atoms with Crippen molar-refractivity contribution in [3.8, 4) is 5.75 Å². The predicted molar refractivity (Wildman–Crippen MR) is 131 cm³/mol. The van der Waals surface area contributed by atoms with E-state index < -0.39 is 27.4 Å². The van der Waals surface area contributed by atoms with E-state index in [2.05, 4.69) is 26.5 Å². The Balaban J connectivity index is 1.89. The summed E-state index contributed by atoms with van der Waals surface area (Å²) in [5, 5.41) is 14.9. The van der Waals surface area contributed by atoms with Crippen LogP contribution in [0.1, 0.15) is 5.56 Å². The van der Waals surface area contributed by atoms with Gasteiger partial charge in [0.1, 0.15) is 17.2 Å². The standard InChI is InChI=1S/C22H19BrN4O6S/c1-33-20-12-11-17(23)13-21(20)34(31,32)26(18-8-3-2-4-9-18)15-22(28)25-24-14-16-7-5-6-10-19(16)27(29)30/h2-14H,15H2,1H3,(H,25,28)/b24-14-. The number of sulfonamides is 1. The number of hydrazone groups is 1. The number of carbonyl (C=O) groups is 1. The number of hydrogen-bond acceptors (Lipinski definition) is 7. The molecule has 10 nitrogen and oxygen atoms in total. The van der Waals surface area contributed by atoms with Crippen LogP contribution in [0.5, 0.6) is 5.75 Å². The lowest BCUT2D eigenvalue weighted by atomic mass is 10.2. The van der Waals surface area contributed by atoms with Crippen LogP contribution >= 0.6 is 15.9 Å². The fourth-order valence-corrected chi connectivity index (χ4v) is 5.10. The zero-order valence-electron chi connectivity index (χ0n) is 17.8. The van der Waals surface area contributed by atoms with Crippen molar-refractivity contribution >= 4 is 49.4 Å². The molecule has 3 aromatic rings. The fourth-order valence-electron chi connectivity index (χ4n) is 2.98. The van der Waals surface area contributed by atoms with Crippen LogP contribution in [0.3, 0.4) is 0 Å². The third-order valence-corrected chi connectivity index (χ3v) is 6.84. The molecule has 3 rings (SSSR count). The summed E-state index contributed by atoms with van der Waals surface area (Å²) in [5.74, 6) is -0.643. The van der Waals surface area contributed by atoms with E-state index >= 15 is 0 Å². The molecule has 0 saturated carbocycles. The molecule has 34 heavy (non-hydrogen) atoms. The van der Waals surface area contributed by atoms with Crippen LogP contribution in [0.25, 0.3) is 0 Å². The molecule has 0 radical (unpaired) electrons. The molecule has 1 N–H and O–H groups in total. The number of halogens is 1. The molecule has 0 aliphatic carbocycles. The van der Waals surface area contributed by atoms with Gasteiger partial charge in [-0.3, -0.25) is 19.2 Å². The van der Waals surface area contributed by atoms with Crippen molar-refractivity contribution < 1.29 is 22.9 Å². The molecule has 0 fully saturated rings. The van der Waals surface area contributed by atoms with E-state index in [1.165, 1.54) is 37.4 Å². The largest absolute Gasteiger partial charge is 0.495 e. The molecule has 0 bridgehead atoms. The maximum absolute atomic E-state index is 13.5. The Hall–Kier alpha value is -3.77. The lowest BCUT2D eigenvalue weighted by Gasteiger charge is -2.24. The lowest BCUT2D eigenvalue weighted by molar-refractivity contribution is -0.385. The molecule has 0 unspecified atom stereocenters. The molecule has 176 valence electrons. The van der Waals surface area contributed by atoms with E-state index in [-0.39, 0.29) is 27.6 Å². The number of nitrogens with one attached hydrogen (secondary N) is 1. The smallest absolute Gasteiger partial charge is 0.278 e. The third kappa shape index (κ3) is 5.77. The number of amides is 1. The molecule has 0 spiro atoms. The first-order valence-electron chi connectivity index (χ1n) is 9.70. The maximum Gasteiger partial charge on any atom is 0.278 e. The van der Waals surface area contributed by atoms with Crippen LogP contribution in [0.2, 0.25) is 0 Å². The van der Waals surface area contributed by atoms with Gasteiger partial charge >= 0.3 is 0 Å². The van der Waals surface area contributed by atoms with Crippen molar-refractivity contribution in [2.45, 2.75) is 4.90 Å². The Morgan fingerprint density at radius 1 is 1.15 bits per heavy atom. The van der Waals surface area contributed by atoms with Crippen LogP contribution in [0.4, 0.5) is 11.4 Å². The lowest BCUT2D eigenvalue weighted by Crippen LogP contribution is -2.39. The zero-order valence-corrected chi connectivity index (χ0v) is 20.2. The minimum atomic E-state index is -4.23. The summed E-state index contributed by atoms with van der Waals surface area (Å²) in [6, 6.07) is 18.5. The number of anilines is 1. The Morgan fingerprint density at radius 2 is 1.82 bits per heavy atom. The summed E-state index contributed by atoms with van der Waals surface area (Å²) in [7, 11) is -2.89. The molecule has 3 aromatic carbocycles. The molecule has 12 heteroatoms. The van der Waals surface area contributed by atoms with Crippen LogP contribution < -0.4 is 14.5 Å². The number of nitrogens with zero attached hydrogens (tertiary/aromatic N) is 3. The number of hydrogen-bond donors (Lipinski definition) is 1. The monoisotopic (exact) mass is 546 g/mol. The predicted octanol–water partition coefficient (Wildman–Crippen LogP) is 3.71. The topological polar surface area (TPSA) is 131 Å². The quantitative estimate of drug-likeness (QED) is 0.247. The summed E-state index contributed by atoms with van der Waals surface area (Å²) in [6.45, 7) is -0.601. The van der Waals surface area contributed by atoms with Gasteiger partial charge in [-0.2, -0.15) is 5.10 Å². The highest BCUT2D eigenvalue weighted by Crippen LogP contribution is 2.32. The van der Waals surface area contributed by atoms with Gasteiger partial charge in [-0.05, 0) is 36.4 Å². The first-order valence-corrected chi connectivity index (χ1v) is 11.9. The van der Waals surface area contributed by atoms with Gasteiger partial charge in [0, 0.05) is 10.5 Å². The van der Waals surface area contributed by atoms with Crippen LogP contribution in [-0.2, 0) is 14.8 Å². The summed E-state index contributed by atoms with van der Waals surface area (Å²) in [4.78, 5) is 23.0. The zero-order chi connectivity index (χ0) is 24.7. The number of benzene rings is 3. The number of rotatable bonds is 9. The Labute approximate surface area is 204 Å². The van der Waals surface area contributed by atoms with E-state index in [1.54, 1.807) is 42.5 Å². The Kier molecular flexibility index (Phi) is 7.97. The van der Waals surface area contributed by atoms with Crippen LogP contribution in [-0.4, -0.2) is 39.1 Å². The average Bonchev–Trinajstić information content (AvgIpc) is 2.83. The van der Waals surface area contributed by atoms with Gasteiger partial charge in [0.05, 0.1) is 29.5 Å². The first-order chi connectivity index (χ1) is 16.2. The maximum atomic E-state index is 13.5. The molecule has 0 saturated heterocycles. The van der Waals surface area contributed by atoms with Crippen LogP contribution in [0, 0.1) is 10.1 Å². The minimum absolute atomic E-state index is 0.110. The molecule has 0 aliphatic heterocycles. The van der Waals surface area contributed by atoms with Crippen molar-refractivity contribution in [3.05, 3.63) is 92.9 Å². The van der Waals surface area contributed by atoms with E-state index in [0.29, 0.717) is 4.47 Å². The highest BCUT2D eigenvalue weighted by molar-refractivity contribution is 9.10. The van der Waals surface area contributed by atoms with Gasteiger partial charge in [0.2, 0.25) is 0 Å². The Bertz CT molecular complexity index is 1330. The molecule has 0 aliphatic rings. The first kappa shape index (κ1) is 24.9. The summed E-state index contributed by atoms with van der Waals surface area (Å²) < 4.78 is 33.7. The number of nitro benzene ring substituents is 1. The van der Waals surface area contributed by atoms with Crippen molar-refractivity contribution in [1.82, 2.24) is 5.43 Å². The van der Waals surface area contributed by atoms with Crippen molar-refractivity contribution in [1.29, 1.82) is 0 Å². The van der Waals surface area contributed by atoms with E-state index in [4.69, 9.17) is 4.74 Å². The van der Waals surface area contributed by atoms with Gasteiger partial charge in [0.25, 0.3) is 21.6 Å². The van der Waals surface area contributed by atoms with E-state index in [9.17, 15) is 23.3 Å². The van der Waals surface area contributed by atoms with Gasteiger partial charge in [-0.25, -0.2) is 13.8 Å². The number of nitro groups is 1. The molecule has 0 heterocycles. The summed E-state index contributed by atoms with van der Waals surface area (Å²) in [6.07, 6.45) is 1.12. The second kappa shape index (κ2) is 10.9. The highest BCUT2D eigenvalue weighted by atomic mass is 79.9. The minimum Gasteiger partial charge on any atom is -0.495 e. The normalized spacial score (nSPS) is 11.2. The summed E-state index contributed by atoms with van der Waals surface area (Å²) in [5.41, 5.74) is 2.47. The number of para-hydroxylation sites is 2. The molecule has 1 amide bonds. The highest BCUT2D eigenvalue weighted by Gasteiger charge is 2.30. The van der Waals surface area contributed by atoms with Gasteiger partial charge in [-0.15, -0.1) is 0 Å². The average molecular weight is 547 g/mol. The van der Waals surface area contributed by atoms with Gasteiger partial charge in [-0.1, -0.05) is 46.3 Å². The molecular weight excluding hydrogens is 528 g/mol. The second-order valence-electron chi connectivity index (χ2n) is 6.75. The molecule has 0 atom stereocenters. The van der Waals surface area contributed by atoms with Crippen molar-refractivity contribution in [3.63, 3.8) is 0 Å². The van der Waals surface area contributed by atoms with Gasteiger partial charge in [0.15, 0.2) is 0 Å². The Morgan fingerprint density at radius 3 is 2.50 bits per heavy atom.